The lowest BCUT2D eigenvalue weighted by Gasteiger charge is -2.14. The van der Waals surface area contributed by atoms with Crippen LogP contribution in [0.1, 0.15) is 5.56 Å². The zero-order valence-electron chi connectivity index (χ0n) is 16.3. The number of methoxy groups -OCH3 is 5. The van der Waals surface area contributed by atoms with E-state index in [1.807, 2.05) is 0 Å². The molecule has 0 aliphatic carbocycles. The first-order valence-electron chi connectivity index (χ1n) is 8.18. The second-order valence-electron chi connectivity index (χ2n) is 5.43. The van der Waals surface area contributed by atoms with Crippen molar-refractivity contribution in [1.82, 2.24) is 0 Å². The number of nitrogens with one attached hydrogen (secondary N) is 1. The summed E-state index contributed by atoms with van der Waals surface area (Å²) in [4.78, 5) is 12.4. The Labute approximate surface area is 168 Å². The Morgan fingerprint density at radius 3 is 2.07 bits per heavy atom. The molecule has 0 radical (unpaired) electrons. The fourth-order valence-electron chi connectivity index (χ4n) is 2.55. The predicted molar refractivity (Wildman–Crippen MR) is 108 cm³/mol. The summed E-state index contributed by atoms with van der Waals surface area (Å²) < 4.78 is 26.4. The molecule has 0 aliphatic heterocycles. The molecule has 0 heterocycles. The largest absolute Gasteiger partial charge is 0.495 e. The van der Waals surface area contributed by atoms with Crippen molar-refractivity contribution in [3.05, 3.63) is 40.9 Å². The Balaban J connectivity index is 2.28. The molecule has 0 saturated carbocycles. The van der Waals surface area contributed by atoms with Gasteiger partial charge in [0.2, 0.25) is 11.7 Å². The summed E-state index contributed by atoms with van der Waals surface area (Å²) >= 11 is 6.08. The molecule has 28 heavy (non-hydrogen) atoms. The van der Waals surface area contributed by atoms with E-state index in [2.05, 4.69) is 5.32 Å². The lowest BCUT2D eigenvalue weighted by molar-refractivity contribution is -0.111. The first kappa shape index (κ1) is 21.2. The van der Waals surface area contributed by atoms with Gasteiger partial charge in [-0.1, -0.05) is 11.6 Å². The van der Waals surface area contributed by atoms with E-state index in [1.54, 1.807) is 30.3 Å². The maximum atomic E-state index is 12.4. The highest BCUT2D eigenvalue weighted by molar-refractivity contribution is 6.32. The molecule has 8 heteroatoms. The van der Waals surface area contributed by atoms with Crippen molar-refractivity contribution in [3.8, 4) is 28.7 Å². The quantitative estimate of drug-likeness (QED) is 0.666. The number of carbonyl (C=O) groups is 1. The van der Waals surface area contributed by atoms with Crippen LogP contribution in [0.25, 0.3) is 6.08 Å². The number of halogens is 1. The third kappa shape index (κ3) is 4.61. The van der Waals surface area contributed by atoms with Gasteiger partial charge < -0.3 is 29.0 Å². The molecular weight excluding hydrogens is 386 g/mol. The van der Waals surface area contributed by atoms with Gasteiger partial charge in [0.25, 0.3) is 0 Å². The Kier molecular flexibility index (Phi) is 7.40. The number of hydrogen-bond donors (Lipinski definition) is 1. The minimum absolute atomic E-state index is 0.375. The van der Waals surface area contributed by atoms with Crippen molar-refractivity contribution in [1.29, 1.82) is 0 Å². The maximum absolute atomic E-state index is 12.4. The molecule has 0 spiro atoms. The molecule has 0 unspecified atom stereocenters. The summed E-state index contributed by atoms with van der Waals surface area (Å²) in [6.45, 7) is 0. The molecule has 0 atom stereocenters. The summed E-state index contributed by atoms with van der Waals surface area (Å²) in [6.07, 6.45) is 2.97. The number of rotatable bonds is 8. The van der Waals surface area contributed by atoms with E-state index in [0.29, 0.717) is 45.0 Å². The summed E-state index contributed by atoms with van der Waals surface area (Å²) in [5, 5.41) is 3.11. The summed E-state index contributed by atoms with van der Waals surface area (Å²) in [6, 6.07) is 6.64. The standard InChI is InChI=1S/C20H22ClNO6/c1-24-15-8-6-12(19(27-4)20(15)28-5)7-9-18(23)22-14-11-16(25-2)13(21)10-17(14)26-3/h6-11H,1-5H3,(H,22,23)/b9-7+. The van der Waals surface area contributed by atoms with Gasteiger partial charge in [-0.05, 0) is 18.2 Å². The van der Waals surface area contributed by atoms with Gasteiger partial charge in [-0.3, -0.25) is 4.79 Å². The fourth-order valence-corrected chi connectivity index (χ4v) is 2.78. The van der Waals surface area contributed by atoms with Crippen molar-refractivity contribution < 1.29 is 28.5 Å². The van der Waals surface area contributed by atoms with Crippen molar-refractivity contribution in [2.75, 3.05) is 40.9 Å². The zero-order valence-corrected chi connectivity index (χ0v) is 17.0. The molecule has 0 saturated heterocycles. The van der Waals surface area contributed by atoms with E-state index in [-0.39, 0.29) is 5.91 Å². The van der Waals surface area contributed by atoms with Crippen LogP contribution in [0.5, 0.6) is 28.7 Å². The zero-order chi connectivity index (χ0) is 20.7. The van der Waals surface area contributed by atoms with Crippen molar-refractivity contribution in [3.63, 3.8) is 0 Å². The van der Waals surface area contributed by atoms with Crippen LogP contribution in [-0.2, 0) is 4.79 Å². The van der Waals surface area contributed by atoms with Crippen LogP contribution < -0.4 is 29.0 Å². The highest BCUT2D eigenvalue weighted by Crippen LogP contribution is 2.40. The number of benzene rings is 2. The van der Waals surface area contributed by atoms with Crippen LogP contribution in [0, 0.1) is 0 Å². The van der Waals surface area contributed by atoms with E-state index < -0.39 is 0 Å². The Bertz CT molecular complexity index is 881. The Hall–Kier alpha value is -3.06. The van der Waals surface area contributed by atoms with E-state index in [4.69, 9.17) is 35.3 Å². The molecule has 0 fully saturated rings. The molecule has 150 valence electrons. The highest BCUT2D eigenvalue weighted by atomic mass is 35.5. The van der Waals surface area contributed by atoms with Crippen LogP contribution in [-0.4, -0.2) is 41.5 Å². The number of amides is 1. The molecule has 2 rings (SSSR count). The van der Waals surface area contributed by atoms with Crippen LogP contribution in [0.4, 0.5) is 5.69 Å². The van der Waals surface area contributed by atoms with Gasteiger partial charge >= 0.3 is 0 Å². The van der Waals surface area contributed by atoms with Crippen molar-refractivity contribution >= 4 is 29.3 Å². The average Bonchev–Trinajstić information content (AvgIpc) is 2.71. The summed E-state index contributed by atoms with van der Waals surface area (Å²) in [5.74, 6) is 1.88. The molecule has 2 aromatic rings. The number of carbonyl (C=O) groups excluding carboxylic acids is 1. The first-order valence-corrected chi connectivity index (χ1v) is 8.56. The van der Waals surface area contributed by atoms with Gasteiger partial charge in [-0.25, -0.2) is 0 Å². The van der Waals surface area contributed by atoms with Gasteiger partial charge in [-0.15, -0.1) is 0 Å². The molecular formula is C20H22ClNO6. The third-order valence-electron chi connectivity index (χ3n) is 3.88. The van der Waals surface area contributed by atoms with Crippen LogP contribution in [0.15, 0.2) is 30.3 Å². The molecule has 0 bridgehead atoms. The van der Waals surface area contributed by atoms with Crippen molar-refractivity contribution in [2.45, 2.75) is 0 Å². The van der Waals surface area contributed by atoms with Crippen LogP contribution in [0.2, 0.25) is 5.02 Å². The second kappa shape index (κ2) is 9.75. The van der Waals surface area contributed by atoms with Gasteiger partial charge in [0.1, 0.15) is 11.5 Å². The van der Waals surface area contributed by atoms with Gasteiger partial charge in [-0.2, -0.15) is 0 Å². The third-order valence-corrected chi connectivity index (χ3v) is 4.18. The highest BCUT2D eigenvalue weighted by Gasteiger charge is 2.15. The summed E-state index contributed by atoms with van der Waals surface area (Å²) in [7, 11) is 7.54. The first-order chi connectivity index (χ1) is 13.5. The minimum atomic E-state index is -0.375. The molecule has 7 nitrogen and oxygen atoms in total. The molecule has 2 aromatic carbocycles. The lowest BCUT2D eigenvalue weighted by Crippen LogP contribution is -2.09. The minimum Gasteiger partial charge on any atom is -0.495 e. The Morgan fingerprint density at radius 1 is 0.857 bits per heavy atom. The maximum Gasteiger partial charge on any atom is 0.248 e. The smallest absolute Gasteiger partial charge is 0.248 e. The van der Waals surface area contributed by atoms with Crippen LogP contribution >= 0.6 is 11.6 Å². The SMILES string of the molecule is COc1cc(NC(=O)/C=C/c2ccc(OC)c(OC)c2OC)c(OC)cc1Cl. The predicted octanol–water partition coefficient (Wildman–Crippen LogP) is 4.03. The molecule has 0 aromatic heterocycles. The van der Waals surface area contributed by atoms with Gasteiger partial charge in [0.05, 0.1) is 46.3 Å². The van der Waals surface area contributed by atoms with Gasteiger partial charge in [0.15, 0.2) is 11.5 Å². The Morgan fingerprint density at radius 2 is 1.50 bits per heavy atom. The number of hydrogen-bond acceptors (Lipinski definition) is 6. The van der Waals surface area contributed by atoms with Crippen molar-refractivity contribution in [2.24, 2.45) is 0 Å². The van der Waals surface area contributed by atoms with Crippen LogP contribution in [0.3, 0.4) is 0 Å². The number of ether oxygens (including phenoxy) is 5. The molecule has 0 aliphatic rings. The fraction of sp³-hybridized carbons (Fsp3) is 0.250. The molecule has 1 N–H and O–H groups in total. The van der Waals surface area contributed by atoms with E-state index in [9.17, 15) is 4.79 Å². The van der Waals surface area contributed by atoms with E-state index in [1.165, 1.54) is 41.6 Å². The second-order valence-corrected chi connectivity index (χ2v) is 5.84. The topological polar surface area (TPSA) is 75.3 Å². The van der Waals surface area contributed by atoms with E-state index in [0.717, 1.165) is 0 Å². The monoisotopic (exact) mass is 407 g/mol. The lowest BCUT2D eigenvalue weighted by atomic mass is 10.1. The summed E-state index contributed by atoms with van der Waals surface area (Å²) in [5.41, 5.74) is 1.08. The normalized spacial score (nSPS) is 10.5. The molecule has 1 amide bonds. The van der Waals surface area contributed by atoms with E-state index >= 15 is 0 Å². The number of anilines is 1. The average molecular weight is 408 g/mol. The van der Waals surface area contributed by atoms with Gasteiger partial charge in [0, 0.05) is 23.8 Å².